The molecule has 0 fully saturated rings. The Morgan fingerprint density at radius 3 is 2.47 bits per heavy atom. The van der Waals surface area contributed by atoms with E-state index in [-0.39, 0.29) is 0 Å². The van der Waals surface area contributed by atoms with Crippen LogP contribution in [0.4, 0.5) is 0 Å². The number of benzene rings is 2. The largest absolute Gasteiger partial charge is 0.425 e. The summed E-state index contributed by atoms with van der Waals surface area (Å²) >= 11 is 0. The minimum atomic E-state index is -0.429. The summed E-state index contributed by atoms with van der Waals surface area (Å²) in [6.07, 6.45) is 0.706. The number of rotatable bonds is 2. The van der Waals surface area contributed by atoms with Crippen molar-refractivity contribution in [1.29, 1.82) is 0 Å². The highest BCUT2D eigenvalue weighted by Gasteiger charge is 2.12. The molecule has 0 bridgehead atoms. The number of hydrogen-bond donors (Lipinski definition) is 0. The van der Waals surface area contributed by atoms with Crippen LogP contribution in [0.3, 0.4) is 0 Å². The molecule has 0 radical (unpaired) electrons. The van der Waals surface area contributed by atoms with E-state index in [1.54, 1.807) is 6.07 Å². The van der Waals surface area contributed by atoms with Crippen LogP contribution in [-0.4, -0.2) is 12.3 Å². The molecule has 17 heavy (non-hydrogen) atoms. The van der Waals surface area contributed by atoms with E-state index in [0.717, 1.165) is 16.3 Å². The third-order valence-electron chi connectivity index (χ3n) is 2.60. The molecule has 0 aliphatic heterocycles. The van der Waals surface area contributed by atoms with Gasteiger partial charge in [0.1, 0.15) is 5.75 Å². The highest BCUT2D eigenvalue weighted by atomic mass is 16.5. The second-order valence-electron chi connectivity index (χ2n) is 3.87. The van der Waals surface area contributed by atoms with Gasteiger partial charge in [0.05, 0.1) is 5.56 Å². The average molecular weight is 228 g/mol. The average Bonchev–Trinajstić information content (AvgIpc) is 2.32. The van der Waals surface area contributed by atoms with Crippen LogP contribution in [0.15, 0.2) is 30.3 Å². The molecule has 86 valence electrons. The fourth-order valence-electron chi connectivity index (χ4n) is 1.90. The summed E-state index contributed by atoms with van der Waals surface area (Å²) in [6.45, 7) is 3.25. The first-order chi connectivity index (χ1) is 8.13. The maximum atomic E-state index is 11.1. The Morgan fingerprint density at radius 1 is 1.24 bits per heavy atom. The van der Waals surface area contributed by atoms with Gasteiger partial charge in [-0.15, -0.1) is 0 Å². The number of carbonyl (C=O) groups is 2. The number of ether oxygens (including phenoxy) is 1. The number of carbonyl (C=O) groups excluding carboxylic acids is 2. The second kappa shape index (κ2) is 4.37. The molecule has 3 nitrogen and oxygen atoms in total. The molecule has 0 aliphatic carbocycles. The van der Waals surface area contributed by atoms with Gasteiger partial charge in [0.15, 0.2) is 6.29 Å². The maximum Gasteiger partial charge on any atom is 0.308 e. The van der Waals surface area contributed by atoms with Crippen molar-refractivity contribution in [2.75, 3.05) is 0 Å². The van der Waals surface area contributed by atoms with E-state index in [1.165, 1.54) is 6.92 Å². The quantitative estimate of drug-likeness (QED) is 0.451. The molecule has 0 unspecified atom stereocenters. The molecular formula is C14H12O3. The van der Waals surface area contributed by atoms with Crippen LogP contribution >= 0.6 is 0 Å². The van der Waals surface area contributed by atoms with E-state index in [4.69, 9.17) is 4.74 Å². The minimum Gasteiger partial charge on any atom is -0.425 e. The molecule has 2 aromatic rings. The van der Waals surface area contributed by atoms with E-state index in [1.807, 2.05) is 31.2 Å². The number of fused-ring (bicyclic) bond motifs is 1. The van der Waals surface area contributed by atoms with Crippen molar-refractivity contribution in [1.82, 2.24) is 0 Å². The summed E-state index contributed by atoms with van der Waals surface area (Å²) < 4.78 is 5.13. The predicted octanol–water partition coefficient (Wildman–Crippen LogP) is 2.89. The minimum absolute atomic E-state index is 0.341. The molecule has 0 saturated heterocycles. The van der Waals surface area contributed by atoms with Gasteiger partial charge in [-0.2, -0.15) is 0 Å². The highest BCUT2D eigenvalue weighted by Crippen LogP contribution is 2.31. The zero-order valence-corrected chi connectivity index (χ0v) is 9.69. The number of hydrogen-bond acceptors (Lipinski definition) is 3. The molecule has 3 heteroatoms. The Morgan fingerprint density at radius 2 is 1.88 bits per heavy atom. The van der Waals surface area contributed by atoms with Gasteiger partial charge in [0.25, 0.3) is 0 Å². The second-order valence-corrected chi connectivity index (χ2v) is 3.87. The molecule has 0 heterocycles. The van der Waals surface area contributed by atoms with E-state index in [2.05, 4.69) is 0 Å². The molecule has 0 aliphatic rings. The van der Waals surface area contributed by atoms with Crippen LogP contribution < -0.4 is 4.74 Å². The zero-order valence-electron chi connectivity index (χ0n) is 9.69. The zero-order chi connectivity index (χ0) is 12.4. The molecule has 0 aromatic heterocycles. The summed E-state index contributed by atoms with van der Waals surface area (Å²) in [5.41, 5.74) is 1.38. The first-order valence-electron chi connectivity index (χ1n) is 5.29. The third kappa shape index (κ3) is 2.04. The van der Waals surface area contributed by atoms with Gasteiger partial charge in [-0.05, 0) is 23.9 Å². The van der Waals surface area contributed by atoms with Crippen molar-refractivity contribution < 1.29 is 14.3 Å². The topological polar surface area (TPSA) is 43.4 Å². The van der Waals surface area contributed by atoms with Gasteiger partial charge < -0.3 is 4.74 Å². The summed E-state index contributed by atoms with van der Waals surface area (Å²) in [6, 6.07) is 9.27. The Labute approximate surface area is 99.0 Å². The van der Waals surface area contributed by atoms with E-state index >= 15 is 0 Å². The highest BCUT2D eigenvalue weighted by molar-refractivity contribution is 5.99. The summed E-state index contributed by atoms with van der Waals surface area (Å²) in [5.74, 6) is -0.0872. The van der Waals surface area contributed by atoms with E-state index < -0.39 is 5.97 Å². The lowest BCUT2D eigenvalue weighted by Crippen LogP contribution is -2.05. The Hall–Kier alpha value is -2.16. The first kappa shape index (κ1) is 11.3. The first-order valence-corrected chi connectivity index (χ1v) is 5.29. The van der Waals surface area contributed by atoms with Gasteiger partial charge in [-0.3, -0.25) is 9.59 Å². The fraction of sp³-hybridized carbons (Fsp3) is 0.143. The molecule has 2 aromatic carbocycles. The molecule has 0 saturated carbocycles. The van der Waals surface area contributed by atoms with Crippen molar-refractivity contribution in [3.05, 3.63) is 41.5 Å². The molecule has 0 amide bonds. The van der Waals surface area contributed by atoms with Crippen LogP contribution in [0, 0.1) is 6.92 Å². The smallest absolute Gasteiger partial charge is 0.308 e. The van der Waals surface area contributed by atoms with E-state index in [9.17, 15) is 9.59 Å². The lowest BCUT2D eigenvalue weighted by Gasteiger charge is -2.10. The van der Waals surface area contributed by atoms with Crippen molar-refractivity contribution >= 4 is 23.0 Å². The monoisotopic (exact) mass is 228 g/mol. The van der Waals surface area contributed by atoms with Crippen LogP contribution in [-0.2, 0) is 4.79 Å². The fourth-order valence-corrected chi connectivity index (χ4v) is 1.90. The predicted molar refractivity (Wildman–Crippen MR) is 65.4 cm³/mol. The Bertz CT molecular complexity index is 600. The number of esters is 1. The SMILES string of the molecule is CC(=O)Oc1c(C=O)cc(C)c2ccccc12. The van der Waals surface area contributed by atoms with Gasteiger partial charge in [-0.1, -0.05) is 24.3 Å². The summed E-state index contributed by atoms with van der Waals surface area (Å²) in [4.78, 5) is 22.1. The lowest BCUT2D eigenvalue weighted by molar-refractivity contribution is -0.131. The number of aryl methyl sites for hydroxylation is 1. The van der Waals surface area contributed by atoms with Gasteiger partial charge in [-0.25, -0.2) is 0 Å². The Balaban J connectivity index is 2.80. The van der Waals surface area contributed by atoms with Crippen LogP contribution in [0.5, 0.6) is 5.75 Å². The Kier molecular flexibility index (Phi) is 2.91. The normalized spacial score (nSPS) is 10.2. The summed E-state index contributed by atoms with van der Waals surface area (Å²) in [5, 5.41) is 1.76. The lowest BCUT2D eigenvalue weighted by atomic mass is 10.0. The van der Waals surface area contributed by atoms with E-state index in [0.29, 0.717) is 17.6 Å². The third-order valence-corrected chi connectivity index (χ3v) is 2.60. The van der Waals surface area contributed by atoms with Crippen LogP contribution in [0.25, 0.3) is 10.8 Å². The van der Waals surface area contributed by atoms with Gasteiger partial charge >= 0.3 is 5.97 Å². The molecule has 0 atom stereocenters. The van der Waals surface area contributed by atoms with Crippen LogP contribution in [0.2, 0.25) is 0 Å². The molecule has 2 rings (SSSR count). The molecular weight excluding hydrogens is 216 g/mol. The van der Waals surface area contributed by atoms with Gasteiger partial charge in [0.2, 0.25) is 0 Å². The standard InChI is InChI=1S/C14H12O3/c1-9-7-11(8-15)14(17-10(2)16)13-6-4-3-5-12(9)13/h3-8H,1-2H3. The van der Waals surface area contributed by atoms with Crippen LogP contribution in [0.1, 0.15) is 22.8 Å². The maximum absolute atomic E-state index is 11.1. The summed E-state index contributed by atoms with van der Waals surface area (Å²) in [7, 11) is 0. The number of aldehydes is 1. The van der Waals surface area contributed by atoms with Crippen molar-refractivity contribution in [2.45, 2.75) is 13.8 Å². The van der Waals surface area contributed by atoms with Crippen molar-refractivity contribution in [2.24, 2.45) is 0 Å². The van der Waals surface area contributed by atoms with Crippen molar-refractivity contribution in [3.63, 3.8) is 0 Å². The molecule has 0 N–H and O–H groups in total. The van der Waals surface area contributed by atoms with Gasteiger partial charge in [0, 0.05) is 12.3 Å². The molecule has 0 spiro atoms. The van der Waals surface area contributed by atoms with Crippen molar-refractivity contribution in [3.8, 4) is 5.75 Å².